The zero-order valence-electron chi connectivity index (χ0n) is 11.2. The first-order chi connectivity index (χ1) is 10.1. The van der Waals surface area contributed by atoms with Gasteiger partial charge in [-0.05, 0) is 23.2 Å². The minimum atomic E-state index is -1.52. The van der Waals surface area contributed by atoms with Crippen LogP contribution in [0.1, 0.15) is 5.56 Å². The Bertz CT molecular complexity index is 845. The molecule has 1 heterocycles. The predicted molar refractivity (Wildman–Crippen MR) is 81.4 cm³/mol. The highest BCUT2D eigenvalue weighted by molar-refractivity contribution is 6.58. The molecule has 3 aromatic rings. The van der Waals surface area contributed by atoms with E-state index in [4.69, 9.17) is 0 Å². The predicted octanol–water partition coefficient (Wildman–Crippen LogP) is 0.125. The van der Waals surface area contributed by atoms with Gasteiger partial charge in [-0.2, -0.15) is 0 Å². The molecule has 0 aliphatic heterocycles. The number of para-hydroxylation sites is 2. The van der Waals surface area contributed by atoms with Crippen molar-refractivity contribution in [1.82, 2.24) is 9.55 Å². The zero-order chi connectivity index (χ0) is 14.8. The number of hydrogen-bond donors (Lipinski definition) is 2. The summed E-state index contributed by atoms with van der Waals surface area (Å²) in [5.74, 6) is 0. The van der Waals surface area contributed by atoms with Gasteiger partial charge in [0.25, 0.3) is 5.56 Å². The number of rotatable bonds is 3. The van der Waals surface area contributed by atoms with E-state index >= 15 is 0 Å². The lowest BCUT2D eigenvalue weighted by Crippen LogP contribution is -2.30. The summed E-state index contributed by atoms with van der Waals surface area (Å²) < 4.78 is 1.62. The SMILES string of the molecule is O=c1cnc2ccccc2n1Cc1cccc(B(O)O)c1. The maximum atomic E-state index is 12.1. The summed E-state index contributed by atoms with van der Waals surface area (Å²) in [5.41, 5.74) is 2.53. The molecule has 2 aromatic carbocycles. The molecule has 1 aromatic heterocycles. The van der Waals surface area contributed by atoms with E-state index < -0.39 is 7.12 Å². The molecule has 6 heteroatoms. The highest BCUT2D eigenvalue weighted by atomic mass is 16.4. The third-order valence-electron chi connectivity index (χ3n) is 3.34. The van der Waals surface area contributed by atoms with Crippen molar-refractivity contribution in [3.63, 3.8) is 0 Å². The summed E-state index contributed by atoms with van der Waals surface area (Å²) in [6.07, 6.45) is 1.30. The fraction of sp³-hybridized carbons (Fsp3) is 0.0667. The van der Waals surface area contributed by atoms with Crippen molar-refractivity contribution in [2.24, 2.45) is 0 Å². The summed E-state index contributed by atoms with van der Waals surface area (Å²) in [5, 5.41) is 18.4. The van der Waals surface area contributed by atoms with Gasteiger partial charge in [0, 0.05) is 0 Å². The second kappa shape index (κ2) is 5.51. The molecule has 0 fully saturated rings. The number of nitrogens with zero attached hydrogens (tertiary/aromatic N) is 2. The molecule has 0 amide bonds. The number of fused-ring (bicyclic) bond motifs is 1. The van der Waals surface area contributed by atoms with Crippen molar-refractivity contribution in [3.05, 3.63) is 70.6 Å². The number of benzene rings is 2. The third kappa shape index (κ3) is 2.72. The van der Waals surface area contributed by atoms with E-state index in [2.05, 4.69) is 4.98 Å². The normalized spacial score (nSPS) is 10.8. The van der Waals surface area contributed by atoms with Gasteiger partial charge in [-0.15, -0.1) is 0 Å². The molecular formula is C15H13BN2O3. The van der Waals surface area contributed by atoms with Crippen LogP contribution in [0.4, 0.5) is 0 Å². The van der Waals surface area contributed by atoms with Gasteiger partial charge >= 0.3 is 7.12 Å². The van der Waals surface area contributed by atoms with Crippen molar-refractivity contribution >= 4 is 23.6 Å². The van der Waals surface area contributed by atoms with Crippen LogP contribution >= 0.6 is 0 Å². The second-order valence-corrected chi connectivity index (χ2v) is 4.79. The van der Waals surface area contributed by atoms with E-state index in [0.717, 1.165) is 16.6 Å². The van der Waals surface area contributed by atoms with Gasteiger partial charge in [-0.25, -0.2) is 4.98 Å². The van der Waals surface area contributed by atoms with Crippen LogP contribution in [0.2, 0.25) is 0 Å². The van der Waals surface area contributed by atoms with Crippen LogP contribution < -0.4 is 11.0 Å². The first-order valence-electron chi connectivity index (χ1n) is 6.55. The standard InChI is InChI=1S/C15H13BN2O3/c19-15-9-17-13-6-1-2-7-14(13)18(15)10-11-4-3-5-12(8-11)16(20)21/h1-9,20-21H,10H2. The van der Waals surface area contributed by atoms with Gasteiger partial charge in [0.1, 0.15) is 0 Å². The molecule has 0 saturated carbocycles. The topological polar surface area (TPSA) is 75.4 Å². The molecule has 0 bridgehead atoms. The lowest BCUT2D eigenvalue weighted by Gasteiger charge is -2.10. The number of aromatic nitrogens is 2. The van der Waals surface area contributed by atoms with Crippen molar-refractivity contribution in [3.8, 4) is 0 Å². The van der Waals surface area contributed by atoms with Crippen molar-refractivity contribution in [1.29, 1.82) is 0 Å². The van der Waals surface area contributed by atoms with E-state index in [1.54, 1.807) is 22.8 Å². The zero-order valence-corrected chi connectivity index (χ0v) is 11.2. The largest absolute Gasteiger partial charge is 0.488 e. The molecule has 3 rings (SSSR count). The average Bonchev–Trinajstić information content (AvgIpc) is 2.50. The van der Waals surface area contributed by atoms with Gasteiger partial charge in [-0.1, -0.05) is 36.4 Å². The maximum absolute atomic E-state index is 12.1. The van der Waals surface area contributed by atoms with Crippen LogP contribution in [0.25, 0.3) is 11.0 Å². The second-order valence-electron chi connectivity index (χ2n) is 4.79. The van der Waals surface area contributed by atoms with E-state index in [9.17, 15) is 14.8 Å². The molecule has 5 nitrogen and oxygen atoms in total. The maximum Gasteiger partial charge on any atom is 0.488 e. The van der Waals surface area contributed by atoms with Gasteiger partial charge in [0.15, 0.2) is 0 Å². The molecule has 0 aliphatic rings. The molecule has 0 saturated heterocycles. The minimum absolute atomic E-state index is 0.191. The Morgan fingerprint density at radius 2 is 1.90 bits per heavy atom. The smallest absolute Gasteiger partial charge is 0.423 e. The fourth-order valence-electron chi connectivity index (χ4n) is 2.31. The Labute approximate surface area is 121 Å². The van der Waals surface area contributed by atoms with Gasteiger partial charge in [0.2, 0.25) is 0 Å². The van der Waals surface area contributed by atoms with Crippen molar-refractivity contribution in [2.45, 2.75) is 6.54 Å². The van der Waals surface area contributed by atoms with Crippen LogP contribution in [-0.4, -0.2) is 26.7 Å². The highest BCUT2D eigenvalue weighted by Gasteiger charge is 2.11. The Kier molecular flexibility index (Phi) is 3.56. The van der Waals surface area contributed by atoms with Gasteiger partial charge in [0.05, 0.1) is 23.8 Å². The summed E-state index contributed by atoms with van der Waals surface area (Å²) >= 11 is 0. The van der Waals surface area contributed by atoms with E-state index in [1.807, 2.05) is 30.3 Å². The van der Waals surface area contributed by atoms with Crippen LogP contribution in [0.5, 0.6) is 0 Å². The van der Waals surface area contributed by atoms with Crippen molar-refractivity contribution in [2.75, 3.05) is 0 Å². The summed E-state index contributed by atoms with van der Waals surface area (Å²) in [6, 6.07) is 14.3. The molecule has 21 heavy (non-hydrogen) atoms. The van der Waals surface area contributed by atoms with Crippen LogP contribution in [0.3, 0.4) is 0 Å². The average molecular weight is 280 g/mol. The Hall–Kier alpha value is -2.44. The first-order valence-corrected chi connectivity index (χ1v) is 6.55. The number of hydrogen-bond acceptors (Lipinski definition) is 4. The molecule has 0 spiro atoms. The molecule has 0 radical (unpaired) electrons. The quantitative estimate of drug-likeness (QED) is 0.668. The summed E-state index contributed by atoms with van der Waals surface area (Å²) in [7, 11) is -1.52. The van der Waals surface area contributed by atoms with Gasteiger partial charge < -0.3 is 14.6 Å². The summed E-state index contributed by atoms with van der Waals surface area (Å²) in [4.78, 5) is 16.2. The molecular weight excluding hydrogens is 267 g/mol. The van der Waals surface area contributed by atoms with E-state index in [0.29, 0.717) is 12.0 Å². The third-order valence-corrected chi connectivity index (χ3v) is 3.34. The van der Waals surface area contributed by atoms with Crippen LogP contribution in [0.15, 0.2) is 59.5 Å². The Morgan fingerprint density at radius 1 is 1.10 bits per heavy atom. The van der Waals surface area contributed by atoms with Crippen molar-refractivity contribution < 1.29 is 10.0 Å². The van der Waals surface area contributed by atoms with Crippen LogP contribution in [-0.2, 0) is 6.54 Å². The minimum Gasteiger partial charge on any atom is -0.423 e. The molecule has 2 N–H and O–H groups in total. The van der Waals surface area contributed by atoms with E-state index in [-0.39, 0.29) is 5.56 Å². The van der Waals surface area contributed by atoms with Gasteiger partial charge in [-0.3, -0.25) is 4.79 Å². The molecule has 0 unspecified atom stereocenters. The fourth-order valence-corrected chi connectivity index (χ4v) is 2.31. The molecule has 0 atom stereocenters. The van der Waals surface area contributed by atoms with Crippen LogP contribution in [0, 0.1) is 0 Å². The lowest BCUT2D eigenvalue weighted by atomic mass is 9.79. The first kappa shape index (κ1) is 13.5. The summed E-state index contributed by atoms with van der Waals surface area (Å²) in [6.45, 7) is 0.350. The lowest BCUT2D eigenvalue weighted by molar-refractivity contribution is 0.425. The monoisotopic (exact) mass is 280 g/mol. The molecule has 104 valence electrons. The Balaban J connectivity index is 2.08. The molecule has 0 aliphatic carbocycles. The highest BCUT2D eigenvalue weighted by Crippen LogP contribution is 2.10. The Morgan fingerprint density at radius 3 is 2.71 bits per heavy atom. The van der Waals surface area contributed by atoms with E-state index in [1.165, 1.54) is 6.20 Å².